The van der Waals surface area contributed by atoms with Gasteiger partial charge in [-0.05, 0) is 54.6 Å². The lowest BCUT2D eigenvalue weighted by Crippen LogP contribution is -2.25. The van der Waals surface area contributed by atoms with E-state index in [1.807, 2.05) is 30.3 Å². The van der Waals surface area contributed by atoms with Crippen molar-refractivity contribution in [2.24, 2.45) is 0 Å². The largest absolute Gasteiger partial charge is 0.356 e. The minimum Gasteiger partial charge on any atom is -0.356 e. The first-order valence-electron chi connectivity index (χ1n) is 9.02. The number of carbonyl (C=O) groups excluding carboxylic acids is 1. The molecule has 0 fully saturated rings. The summed E-state index contributed by atoms with van der Waals surface area (Å²) >= 11 is 0. The van der Waals surface area contributed by atoms with Gasteiger partial charge in [-0.1, -0.05) is 24.3 Å². The summed E-state index contributed by atoms with van der Waals surface area (Å²) in [6.07, 6.45) is 1.34. The van der Waals surface area contributed by atoms with Crippen LogP contribution in [0.5, 0.6) is 0 Å². The van der Waals surface area contributed by atoms with Crippen LogP contribution in [0.3, 0.4) is 0 Å². The SMILES string of the molecule is C=CCNS(=O)(=O)c1cc(C(=O)Nc2ccc(Nc3ccccc3)cc2)ccc1F. The van der Waals surface area contributed by atoms with Crippen molar-refractivity contribution in [3.8, 4) is 0 Å². The van der Waals surface area contributed by atoms with E-state index in [-0.39, 0.29) is 12.1 Å². The smallest absolute Gasteiger partial charge is 0.255 e. The van der Waals surface area contributed by atoms with Crippen LogP contribution in [-0.2, 0) is 10.0 Å². The number of amides is 1. The quantitative estimate of drug-likeness (QED) is 0.470. The Morgan fingerprint density at radius 2 is 1.57 bits per heavy atom. The highest BCUT2D eigenvalue weighted by Gasteiger charge is 2.20. The summed E-state index contributed by atoms with van der Waals surface area (Å²) in [5.41, 5.74) is 2.29. The van der Waals surface area contributed by atoms with E-state index in [0.29, 0.717) is 5.69 Å². The number of benzene rings is 3. The minimum atomic E-state index is -4.10. The van der Waals surface area contributed by atoms with Gasteiger partial charge >= 0.3 is 0 Å². The van der Waals surface area contributed by atoms with Gasteiger partial charge in [0.1, 0.15) is 10.7 Å². The average molecular weight is 425 g/mol. The van der Waals surface area contributed by atoms with Gasteiger partial charge in [0.05, 0.1) is 0 Å². The summed E-state index contributed by atoms with van der Waals surface area (Å²) in [4.78, 5) is 11.9. The predicted molar refractivity (Wildman–Crippen MR) is 116 cm³/mol. The van der Waals surface area contributed by atoms with E-state index < -0.39 is 26.6 Å². The number of carbonyl (C=O) groups is 1. The van der Waals surface area contributed by atoms with Crippen LogP contribution in [0, 0.1) is 5.82 Å². The monoisotopic (exact) mass is 425 g/mol. The van der Waals surface area contributed by atoms with E-state index in [1.165, 1.54) is 12.1 Å². The Morgan fingerprint density at radius 3 is 2.23 bits per heavy atom. The van der Waals surface area contributed by atoms with Gasteiger partial charge in [-0.2, -0.15) is 0 Å². The van der Waals surface area contributed by atoms with Crippen molar-refractivity contribution in [2.75, 3.05) is 17.2 Å². The summed E-state index contributed by atoms with van der Waals surface area (Å²) in [5, 5.41) is 5.90. The topological polar surface area (TPSA) is 87.3 Å². The number of sulfonamides is 1. The van der Waals surface area contributed by atoms with Crippen molar-refractivity contribution in [1.82, 2.24) is 4.72 Å². The Kier molecular flexibility index (Phi) is 6.61. The number of anilines is 3. The molecule has 0 aliphatic heterocycles. The van der Waals surface area contributed by atoms with Gasteiger partial charge in [0, 0.05) is 29.2 Å². The molecule has 0 aliphatic rings. The molecule has 0 saturated carbocycles. The standard InChI is InChI=1S/C22H20FN3O3S/c1-2-14-24-30(28,29)21-15-16(8-13-20(21)23)22(27)26-19-11-9-18(10-12-19)25-17-6-4-3-5-7-17/h2-13,15,24-25H,1,14H2,(H,26,27). The van der Waals surface area contributed by atoms with Crippen LogP contribution in [0.1, 0.15) is 10.4 Å². The zero-order valence-corrected chi connectivity index (χ0v) is 16.7. The predicted octanol–water partition coefficient (Wildman–Crippen LogP) is 4.29. The minimum absolute atomic E-state index is 0.0156. The molecule has 0 heterocycles. The molecule has 30 heavy (non-hydrogen) atoms. The second kappa shape index (κ2) is 9.34. The normalized spacial score (nSPS) is 11.0. The van der Waals surface area contributed by atoms with E-state index >= 15 is 0 Å². The molecule has 0 atom stereocenters. The number of para-hydroxylation sites is 1. The fraction of sp³-hybridized carbons (Fsp3) is 0.0455. The van der Waals surface area contributed by atoms with Crippen LogP contribution in [-0.4, -0.2) is 20.9 Å². The van der Waals surface area contributed by atoms with Gasteiger partial charge < -0.3 is 10.6 Å². The zero-order valence-electron chi connectivity index (χ0n) is 15.9. The van der Waals surface area contributed by atoms with Gasteiger partial charge in [-0.25, -0.2) is 17.5 Å². The van der Waals surface area contributed by atoms with Crippen LogP contribution >= 0.6 is 0 Å². The number of hydrogen-bond acceptors (Lipinski definition) is 4. The molecule has 1 amide bonds. The molecule has 3 rings (SSSR count). The molecule has 6 nitrogen and oxygen atoms in total. The van der Waals surface area contributed by atoms with Gasteiger partial charge in [0.15, 0.2) is 0 Å². The van der Waals surface area contributed by atoms with Crippen molar-refractivity contribution in [3.63, 3.8) is 0 Å². The molecular weight excluding hydrogens is 405 g/mol. The molecule has 3 aromatic carbocycles. The average Bonchev–Trinajstić information content (AvgIpc) is 2.74. The van der Waals surface area contributed by atoms with Crippen molar-refractivity contribution in [3.05, 3.63) is 96.8 Å². The Bertz CT molecular complexity index is 1150. The Labute approximate surface area is 174 Å². The Balaban J connectivity index is 1.73. The van der Waals surface area contributed by atoms with Crippen LogP contribution in [0.2, 0.25) is 0 Å². The Morgan fingerprint density at radius 1 is 0.933 bits per heavy atom. The number of rotatable bonds is 8. The van der Waals surface area contributed by atoms with Crippen molar-refractivity contribution in [2.45, 2.75) is 4.90 Å². The molecule has 3 aromatic rings. The summed E-state index contributed by atoms with van der Waals surface area (Å²) in [7, 11) is -4.10. The lowest BCUT2D eigenvalue weighted by atomic mass is 10.2. The maximum Gasteiger partial charge on any atom is 0.255 e. The number of nitrogens with one attached hydrogen (secondary N) is 3. The van der Waals surface area contributed by atoms with Crippen molar-refractivity contribution < 1.29 is 17.6 Å². The molecule has 0 bridgehead atoms. The van der Waals surface area contributed by atoms with Crippen LogP contribution in [0.4, 0.5) is 21.5 Å². The molecule has 0 aliphatic carbocycles. The van der Waals surface area contributed by atoms with E-state index in [1.54, 1.807) is 24.3 Å². The van der Waals surface area contributed by atoms with Crippen LogP contribution in [0.25, 0.3) is 0 Å². The maximum absolute atomic E-state index is 14.0. The fourth-order valence-corrected chi connectivity index (χ4v) is 3.72. The second-order valence-electron chi connectivity index (χ2n) is 6.31. The van der Waals surface area contributed by atoms with Gasteiger partial charge in [0.25, 0.3) is 5.91 Å². The zero-order chi connectivity index (χ0) is 21.6. The summed E-state index contributed by atoms with van der Waals surface area (Å²) in [6, 6.07) is 19.8. The van der Waals surface area contributed by atoms with Crippen LogP contribution < -0.4 is 15.4 Å². The van der Waals surface area contributed by atoms with Crippen LogP contribution in [0.15, 0.2) is 90.3 Å². The van der Waals surface area contributed by atoms with Crippen molar-refractivity contribution >= 4 is 33.0 Å². The van der Waals surface area contributed by atoms with Gasteiger partial charge in [-0.3, -0.25) is 4.79 Å². The first-order chi connectivity index (χ1) is 14.4. The van der Waals surface area contributed by atoms with E-state index in [2.05, 4.69) is 21.9 Å². The summed E-state index contributed by atoms with van der Waals surface area (Å²) in [6.45, 7) is 3.36. The number of hydrogen-bond donors (Lipinski definition) is 3. The molecule has 3 N–H and O–H groups in total. The Hall–Kier alpha value is -3.49. The van der Waals surface area contributed by atoms with E-state index in [0.717, 1.165) is 23.5 Å². The molecule has 0 aromatic heterocycles. The molecule has 154 valence electrons. The van der Waals surface area contributed by atoms with E-state index in [4.69, 9.17) is 0 Å². The third kappa shape index (κ3) is 5.31. The first-order valence-corrected chi connectivity index (χ1v) is 10.5. The van der Waals surface area contributed by atoms with Crippen molar-refractivity contribution in [1.29, 1.82) is 0 Å². The molecule has 0 saturated heterocycles. The highest BCUT2D eigenvalue weighted by Crippen LogP contribution is 2.20. The first kappa shape index (κ1) is 21.2. The third-order valence-corrected chi connectivity index (χ3v) is 5.54. The molecular formula is C22H20FN3O3S. The summed E-state index contributed by atoms with van der Waals surface area (Å²) in [5.74, 6) is -1.50. The molecule has 8 heteroatoms. The molecule has 0 unspecified atom stereocenters. The maximum atomic E-state index is 14.0. The lowest BCUT2D eigenvalue weighted by Gasteiger charge is -2.10. The molecule has 0 spiro atoms. The highest BCUT2D eigenvalue weighted by atomic mass is 32.2. The fourth-order valence-electron chi connectivity index (χ4n) is 2.63. The lowest BCUT2D eigenvalue weighted by molar-refractivity contribution is 0.102. The molecule has 0 radical (unpaired) electrons. The summed E-state index contributed by atoms with van der Waals surface area (Å²) < 4.78 is 40.6. The highest BCUT2D eigenvalue weighted by molar-refractivity contribution is 7.89. The number of halogens is 1. The van der Waals surface area contributed by atoms with E-state index in [9.17, 15) is 17.6 Å². The third-order valence-electron chi connectivity index (χ3n) is 4.11. The van der Waals surface area contributed by atoms with Gasteiger partial charge in [-0.15, -0.1) is 6.58 Å². The second-order valence-corrected chi connectivity index (χ2v) is 8.04. The van der Waals surface area contributed by atoms with Gasteiger partial charge in [0.2, 0.25) is 10.0 Å².